The summed E-state index contributed by atoms with van der Waals surface area (Å²) in [6.45, 7) is 6.22. The van der Waals surface area contributed by atoms with E-state index >= 15 is 0 Å². The summed E-state index contributed by atoms with van der Waals surface area (Å²) in [5, 5.41) is 5.12. The Labute approximate surface area is 136 Å². The van der Waals surface area contributed by atoms with Gasteiger partial charge in [0.25, 0.3) is 0 Å². The van der Waals surface area contributed by atoms with Crippen molar-refractivity contribution in [3.63, 3.8) is 0 Å². The Morgan fingerprint density at radius 1 is 0.652 bits per heavy atom. The molecular weight excluding hydrogens is 276 g/mol. The van der Waals surface area contributed by atoms with Crippen molar-refractivity contribution in [2.24, 2.45) is 0 Å². The van der Waals surface area contributed by atoms with Gasteiger partial charge in [-0.15, -0.1) is 0 Å². The third-order valence-electron chi connectivity index (χ3n) is 4.57. The standard InChI is InChI=1S/C23H18/c1-3-17-14-15-19-9-5-7-11-21(19)23(17)22-16(2)12-13-18-8-4-6-10-20(18)22/h3-15H,1H2,2H3. The number of benzene rings is 4. The molecule has 0 saturated heterocycles. The first-order valence-corrected chi connectivity index (χ1v) is 7.92. The molecule has 0 spiro atoms. The van der Waals surface area contributed by atoms with Gasteiger partial charge in [-0.05, 0) is 50.7 Å². The SMILES string of the molecule is C=Cc1ccc2ccccc2c1-c1c(C)ccc2ccccc12. The van der Waals surface area contributed by atoms with E-state index in [2.05, 4.69) is 86.3 Å². The smallest absolute Gasteiger partial charge is 0.00241 e. The van der Waals surface area contributed by atoms with Crippen LogP contribution in [0.1, 0.15) is 11.1 Å². The van der Waals surface area contributed by atoms with E-state index in [-0.39, 0.29) is 0 Å². The Bertz CT molecular complexity index is 1040. The van der Waals surface area contributed by atoms with Crippen molar-refractivity contribution in [1.29, 1.82) is 0 Å². The van der Waals surface area contributed by atoms with Crippen LogP contribution in [0.4, 0.5) is 0 Å². The Hall–Kier alpha value is -2.86. The van der Waals surface area contributed by atoms with Crippen LogP contribution < -0.4 is 0 Å². The van der Waals surface area contributed by atoms with Crippen LogP contribution in [-0.4, -0.2) is 0 Å². The van der Waals surface area contributed by atoms with Gasteiger partial charge in [0.1, 0.15) is 0 Å². The topological polar surface area (TPSA) is 0 Å². The first kappa shape index (κ1) is 13.8. The fourth-order valence-electron chi connectivity index (χ4n) is 3.45. The van der Waals surface area contributed by atoms with Crippen LogP contribution in [-0.2, 0) is 0 Å². The minimum atomic E-state index is 1.18. The molecular formula is C23H18. The van der Waals surface area contributed by atoms with Crippen molar-refractivity contribution in [2.75, 3.05) is 0 Å². The van der Waals surface area contributed by atoms with E-state index in [9.17, 15) is 0 Å². The van der Waals surface area contributed by atoms with E-state index in [1.165, 1.54) is 43.8 Å². The molecule has 0 aliphatic rings. The highest BCUT2D eigenvalue weighted by Gasteiger charge is 2.13. The molecule has 23 heavy (non-hydrogen) atoms. The molecule has 0 amide bonds. The molecule has 0 atom stereocenters. The fraction of sp³-hybridized carbons (Fsp3) is 0.0435. The van der Waals surface area contributed by atoms with Crippen LogP contribution in [0, 0.1) is 6.92 Å². The molecule has 4 aromatic rings. The van der Waals surface area contributed by atoms with Crippen molar-refractivity contribution in [2.45, 2.75) is 6.92 Å². The van der Waals surface area contributed by atoms with E-state index < -0.39 is 0 Å². The highest BCUT2D eigenvalue weighted by molar-refractivity contribution is 6.09. The highest BCUT2D eigenvalue weighted by atomic mass is 14.2. The molecule has 4 aromatic carbocycles. The number of hydrogen-bond acceptors (Lipinski definition) is 0. The lowest BCUT2D eigenvalue weighted by Gasteiger charge is -2.16. The molecule has 0 fully saturated rings. The lowest BCUT2D eigenvalue weighted by atomic mass is 9.87. The lowest BCUT2D eigenvalue weighted by molar-refractivity contribution is 1.49. The molecule has 4 rings (SSSR count). The molecule has 0 nitrogen and oxygen atoms in total. The van der Waals surface area contributed by atoms with Gasteiger partial charge in [-0.3, -0.25) is 0 Å². The lowest BCUT2D eigenvalue weighted by Crippen LogP contribution is -1.91. The quantitative estimate of drug-likeness (QED) is 0.390. The molecule has 0 heteroatoms. The van der Waals surface area contributed by atoms with Crippen molar-refractivity contribution < 1.29 is 0 Å². The Morgan fingerprint density at radius 2 is 1.22 bits per heavy atom. The first-order chi connectivity index (χ1) is 11.3. The number of aryl methyl sites for hydroxylation is 1. The molecule has 110 valence electrons. The maximum atomic E-state index is 4.03. The summed E-state index contributed by atoms with van der Waals surface area (Å²) in [6.07, 6.45) is 1.96. The molecule has 0 aromatic heterocycles. The fourth-order valence-corrected chi connectivity index (χ4v) is 3.45. The predicted molar refractivity (Wildman–Crippen MR) is 102 cm³/mol. The summed E-state index contributed by atoms with van der Waals surface area (Å²) >= 11 is 0. The monoisotopic (exact) mass is 294 g/mol. The van der Waals surface area contributed by atoms with Gasteiger partial charge in [0, 0.05) is 0 Å². The van der Waals surface area contributed by atoms with Crippen molar-refractivity contribution in [1.82, 2.24) is 0 Å². The van der Waals surface area contributed by atoms with Gasteiger partial charge in [-0.25, -0.2) is 0 Å². The van der Waals surface area contributed by atoms with E-state index in [1.807, 2.05) is 6.08 Å². The maximum absolute atomic E-state index is 4.03. The summed E-state index contributed by atoms with van der Waals surface area (Å²) < 4.78 is 0. The normalized spacial score (nSPS) is 11.0. The van der Waals surface area contributed by atoms with Crippen LogP contribution in [0.15, 0.2) is 79.4 Å². The van der Waals surface area contributed by atoms with Crippen LogP contribution in [0.3, 0.4) is 0 Å². The van der Waals surface area contributed by atoms with Crippen LogP contribution in [0.2, 0.25) is 0 Å². The minimum absolute atomic E-state index is 1.18. The van der Waals surface area contributed by atoms with E-state index in [0.717, 1.165) is 0 Å². The molecule has 0 aliphatic carbocycles. The van der Waals surface area contributed by atoms with Gasteiger partial charge in [-0.2, -0.15) is 0 Å². The Balaban J connectivity index is 2.23. The van der Waals surface area contributed by atoms with Crippen LogP contribution >= 0.6 is 0 Å². The third-order valence-corrected chi connectivity index (χ3v) is 4.57. The second kappa shape index (κ2) is 5.40. The highest BCUT2D eigenvalue weighted by Crippen LogP contribution is 2.39. The van der Waals surface area contributed by atoms with Gasteiger partial charge in [0.15, 0.2) is 0 Å². The number of rotatable bonds is 2. The Kier molecular flexibility index (Phi) is 3.24. The maximum Gasteiger partial charge on any atom is -0.00241 e. The Morgan fingerprint density at radius 3 is 1.87 bits per heavy atom. The van der Waals surface area contributed by atoms with Gasteiger partial charge in [0.2, 0.25) is 0 Å². The van der Waals surface area contributed by atoms with Crippen LogP contribution in [0.25, 0.3) is 38.7 Å². The zero-order valence-corrected chi connectivity index (χ0v) is 13.2. The molecule has 0 unspecified atom stereocenters. The number of fused-ring (bicyclic) bond motifs is 2. The van der Waals surface area contributed by atoms with E-state index in [0.29, 0.717) is 0 Å². The largest absolute Gasteiger partial charge is 0.0984 e. The second-order valence-corrected chi connectivity index (χ2v) is 5.93. The minimum Gasteiger partial charge on any atom is -0.0984 e. The zero-order valence-electron chi connectivity index (χ0n) is 13.2. The summed E-state index contributed by atoms with van der Waals surface area (Å²) in [7, 11) is 0. The van der Waals surface area contributed by atoms with Crippen molar-refractivity contribution >= 4 is 27.6 Å². The molecule has 0 saturated carbocycles. The zero-order chi connectivity index (χ0) is 15.8. The summed E-state index contributed by atoms with van der Waals surface area (Å²) in [4.78, 5) is 0. The van der Waals surface area contributed by atoms with Gasteiger partial charge >= 0.3 is 0 Å². The van der Waals surface area contributed by atoms with E-state index in [1.54, 1.807) is 0 Å². The third kappa shape index (κ3) is 2.15. The molecule has 0 aliphatic heterocycles. The molecule has 0 N–H and O–H groups in total. The summed E-state index contributed by atoms with van der Waals surface area (Å²) in [6, 6.07) is 26.0. The predicted octanol–water partition coefficient (Wildman–Crippen LogP) is 6.61. The summed E-state index contributed by atoms with van der Waals surface area (Å²) in [5.74, 6) is 0. The average Bonchev–Trinajstić information content (AvgIpc) is 2.61. The van der Waals surface area contributed by atoms with Gasteiger partial charge < -0.3 is 0 Å². The molecule has 0 heterocycles. The average molecular weight is 294 g/mol. The molecule has 0 bridgehead atoms. The second-order valence-electron chi connectivity index (χ2n) is 5.93. The number of hydrogen-bond donors (Lipinski definition) is 0. The summed E-state index contributed by atoms with van der Waals surface area (Å²) in [5.41, 5.74) is 5.08. The van der Waals surface area contributed by atoms with Gasteiger partial charge in [0.05, 0.1) is 0 Å². The van der Waals surface area contributed by atoms with Crippen LogP contribution in [0.5, 0.6) is 0 Å². The molecule has 0 radical (unpaired) electrons. The first-order valence-electron chi connectivity index (χ1n) is 7.92. The van der Waals surface area contributed by atoms with E-state index in [4.69, 9.17) is 0 Å². The van der Waals surface area contributed by atoms with Crippen molar-refractivity contribution in [3.8, 4) is 11.1 Å². The van der Waals surface area contributed by atoms with Crippen molar-refractivity contribution in [3.05, 3.63) is 90.5 Å². The van der Waals surface area contributed by atoms with Gasteiger partial charge in [-0.1, -0.05) is 85.5 Å².